The van der Waals surface area contributed by atoms with Crippen molar-refractivity contribution in [3.63, 3.8) is 0 Å². The molecule has 3 rings (SSSR count). The molecule has 1 fully saturated rings. The monoisotopic (exact) mass is 293 g/mol. The zero-order valence-corrected chi connectivity index (χ0v) is 13.6. The van der Waals surface area contributed by atoms with Crippen LogP contribution in [0.15, 0.2) is 60.7 Å². The van der Waals surface area contributed by atoms with Gasteiger partial charge in [0.05, 0.1) is 0 Å². The van der Waals surface area contributed by atoms with Gasteiger partial charge in [-0.05, 0) is 50.4 Å². The number of hydrogen-bond donors (Lipinski definition) is 0. The quantitative estimate of drug-likeness (QED) is 0.743. The Labute approximate surface area is 135 Å². The molecule has 1 heteroatoms. The van der Waals surface area contributed by atoms with E-state index in [4.69, 9.17) is 0 Å². The lowest BCUT2D eigenvalue weighted by Gasteiger charge is -2.34. The Kier molecular flexibility index (Phi) is 5.29. The summed E-state index contributed by atoms with van der Waals surface area (Å²) in [6.45, 7) is 4.96. The number of piperidine rings is 1. The molecule has 1 heterocycles. The predicted octanol–water partition coefficient (Wildman–Crippen LogP) is 5.08. The maximum atomic E-state index is 2.68. The summed E-state index contributed by atoms with van der Waals surface area (Å²) in [4.78, 5) is 2.68. The standard InChI is InChI=1S/C21H27N/c1-18(22-15-9-4-10-16-22)17-21(19-11-5-2-6-12-19)20-13-7-3-8-14-20/h2-3,5-8,11-14,18,21H,4,9-10,15-17H2,1H3. The lowest BCUT2D eigenvalue weighted by Crippen LogP contribution is -2.38. The van der Waals surface area contributed by atoms with Crippen LogP contribution in [0.1, 0.15) is 49.7 Å². The molecule has 1 unspecified atom stereocenters. The zero-order chi connectivity index (χ0) is 15.2. The summed E-state index contributed by atoms with van der Waals surface area (Å²) in [6, 6.07) is 22.6. The largest absolute Gasteiger partial charge is 0.301 e. The molecule has 22 heavy (non-hydrogen) atoms. The van der Waals surface area contributed by atoms with Crippen molar-refractivity contribution < 1.29 is 0 Å². The van der Waals surface area contributed by atoms with E-state index < -0.39 is 0 Å². The van der Waals surface area contributed by atoms with Gasteiger partial charge in [0.25, 0.3) is 0 Å². The minimum Gasteiger partial charge on any atom is -0.301 e. The molecule has 0 aromatic heterocycles. The molecular weight excluding hydrogens is 266 g/mol. The van der Waals surface area contributed by atoms with Crippen molar-refractivity contribution in [1.29, 1.82) is 0 Å². The number of benzene rings is 2. The summed E-state index contributed by atoms with van der Waals surface area (Å²) in [5.41, 5.74) is 2.88. The number of nitrogens with zero attached hydrogens (tertiary/aromatic N) is 1. The molecule has 2 aromatic carbocycles. The Morgan fingerprint density at radius 1 is 0.773 bits per heavy atom. The summed E-state index contributed by atoms with van der Waals surface area (Å²) in [5, 5.41) is 0. The average Bonchev–Trinajstić information content (AvgIpc) is 2.62. The van der Waals surface area contributed by atoms with Crippen molar-refractivity contribution in [3.05, 3.63) is 71.8 Å². The van der Waals surface area contributed by atoms with E-state index >= 15 is 0 Å². The smallest absolute Gasteiger partial charge is 0.0104 e. The van der Waals surface area contributed by atoms with Crippen molar-refractivity contribution in [3.8, 4) is 0 Å². The first kappa shape index (κ1) is 15.3. The van der Waals surface area contributed by atoms with Crippen molar-refractivity contribution in [2.75, 3.05) is 13.1 Å². The predicted molar refractivity (Wildman–Crippen MR) is 94.2 cm³/mol. The SMILES string of the molecule is CC(CC(c1ccccc1)c1ccccc1)N1CCCCC1. The van der Waals surface area contributed by atoms with E-state index in [2.05, 4.69) is 72.5 Å². The van der Waals surface area contributed by atoms with Gasteiger partial charge in [-0.2, -0.15) is 0 Å². The second kappa shape index (κ2) is 7.60. The third-order valence-electron chi connectivity index (χ3n) is 4.99. The highest BCUT2D eigenvalue weighted by atomic mass is 15.1. The van der Waals surface area contributed by atoms with Gasteiger partial charge in [-0.15, -0.1) is 0 Å². The molecule has 1 atom stereocenters. The Balaban J connectivity index is 1.79. The van der Waals surface area contributed by atoms with E-state index in [-0.39, 0.29) is 0 Å². The molecule has 0 bridgehead atoms. The number of rotatable bonds is 5. The fraction of sp³-hybridized carbons (Fsp3) is 0.429. The Morgan fingerprint density at radius 3 is 1.77 bits per heavy atom. The molecule has 1 aliphatic rings. The molecule has 1 saturated heterocycles. The molecule has 0 spiro atoms. The highest BCUT2D eigenvalue weighted by Gasteiger charge is 2.22. The Hall–Kier alpha value is -1.60. The van der Waals surface area contributed by atoms with Crippen LogP contribution < -0.4 is 0 Å². The molecule has 2 aromatic rings. The first-order valence-electron chi connectivity index (χ1n) is 8.68. The third-order valence-corrected chi connectivity index (χ3v) is 4.99. The summed E-state index contributed by atoms with van der Waals surface area (Å²) in [6.07, 6.45) is 5.34. The fourth-order valence-corrected chi connectivity index (χ4v) is 3.68. The normalized spacial score (nSPS) is 17.5. The van der Waals surface area contributed by atoms with Crippen molar-refractivity contribution in [1.82, 2.24) is 4.90 Å². The molecule has 0 N–H and O–H groups in total. The second-order valence-electron chi connectivity index (χ2n) is 6.56. The maximum absolute atomic E-state index is 2.68. The van der Waals surface area contributed by atoms with Gasteiger partial charge < -0.3 is 4.90 Å². The van der Waals surface area contributed by atoms with Crippen molar-refractivity contribution >= 4 is 0 Å². The molecular formula is C21H27N. The first-order valence-corrected chi connectivity index (χ1v) is 8.68. The summed E-state index contributed by atoms with van der Waals surface area (Å²) in [5.74, 6) is 0.499. The van der Waals surface area contributed by atoms with Gasteiger partial charge in [-0.3, -0.25) is 0 Å². The van der Waals surface area contributed by atoms with Crippen LogP contribution in [-0.2, 0) is 0 Å². The van der Waals surface area contributed by atoms with Crippen LogP contribution in [0.5, 0.6) is 0 Å². The lowest BCUT2D eigenvalue weighted by molar-refractivity contribution is 0.163. The van der Waals surface area contributed by atoms with E-state index in [1.807, 2.05) is 0 Å². The van der Waals surface area contributed by atoms with E-state index in [9.17, 15) is 0 Å². The average molecular weight is 293 g/mol. The van der Waals surface area contributed by atoms with Gasteiger partial charge in [0, 0.05) is 12.0 Å². The van der Waals surface area contributed by atoms with Crippen LogP contribution in [0.3, 0.4) is 0 Å². The highest BCUT2D eigenvalue weighted by Crippen LogP contribution is 2.31. The highest BCUT2D eigenvalue weighted by molar-refractivity contribution is 5.32. The first-order chi connectivity index (χ1) is 10.8. The zero-order valence-electron chi connectivity index (χ0n) is 13.6. The topological polar surface area (TPSA) is 3.24 Å². The Morgan fingerprint density at radius 2 is 1.27 bits per heavy atom. The van der Waals surface area contributed by atoms with Gasteiger partial charge in [0.2, 0.25) is 0 Å². The summed E-state index contributed by atoms with van der Waals surface area (Å²) < 4.78 is 0. The molecule has 0 aliphatic carbocycles. The molecule has 1 nitrogen and oxygen atoms in total. The number of hydrogen-bond acceptors (Lipinski definition) is 1. The molecule has 0 radical (unpaired) electrons. The van der Waals surface area contributed by atoms with E-state index in [0.29, 0.717) is 12.0 Å². The van der Waals surface area contributed by atoms with E-state index in [1.54, 1.807) is 0 Å². The summed E-state index contributed by atoms with van der Waals surface area (Å²) >= 11 is 0. The third kappa shape index (κ3) is 3.78. The molecule has 116 valence electrons. The van der Waals surface area contributed by atoms with Gasteiger partial charge in [-0.25, -0.2) is 0 Å². The van der Waals surface area contributed by atoms with Gasteiger partial charge >= 0.3 is 0 Å². The minimum atomic E-state index is 0.499. The molecule has 1 aliphatic heterocycles. The van der Waals surface area contributed by atoms with Crippen LogP contribution in [0.4, 0.5) is 0 Å². The van der Waals surface area contributed by atoms with Crippen LogP contribution in [0.25, 0.3) is 0 Å². The van der Waals surface area contributed by atoms with Gasteiger partial charge in [0.1, 0.15) is 0 Å². The Bertz CT molecular complexity index is 503. The van der Waals surface area contributed by atoms with Crippen molar-refractivity contribution in [2.45, 2.75) is 44.6 Å². The lowest BCUT2D eigenvalue weighted by atomic mass is 9.85. The van der Waals surface area contributed by atoms with Gasteiger partial charge in [0.15, 0.2) is 0 Å². The van der Waals surface area contributed by atoms with Crippen LogP contribution >= 0.6 is 0 Å². The van der Waals surface area contributed by atoms with Crippen LogP contribution in [-0.4, -0.2) is 24.0 Å². The van der Waals surface area contributed by atoms with Crippen LogP contribution in [0, 0.1) is 0 Å². The number of likely N-dealkylation sites (tertiary alicyclic amines) is 1. The van der Waals surface area contributed by atoms with Gasteiger partial charge in [-0.1, -0.05) is 67.1 Å². The molecule has 0 amide bonds. The van der Waals surface area contributed by atoms with E-state index in [0.717, 1.165) is 0 Å². The summed E-state index contributed by atoms with van der Waals surface area (Å²) in [7, 11) is 0. The minimum absolute atomic E-state index is 0.499. The van der Waals surface area contributed by atoms with E-state index in [1.165, 1.54) is 49.9 Å². The second-order valence-corrected chi connectivity index (χ2v) is 6.56. The van der Waals surface area contributed by atoms with Crippen molar-refractivity contribution in [2.24, 2.45) is 0 Å². The molecule has 0 saturated carbocycles. The maximum Gasteiger partial charge on any atom is 0.0104 e. The fourth-order valence-electron chi connectivity index (χ4n) is 3.68. The van der Waals surface area contributed by atoms with Crippen LogP contribution in [0.2, 0.25) is 0 Å².